The summed E-state index contributed by atoms with van der Waals surface area (Å²) in [5.41, 5.74) is 1.01. The molecular formula is C12H16BrNO. The van der Waals surface area contributed by atoms with Crippen LogP contribution in [0.25, 0.3) is 0 Å². The second-order valence-corrected chi connectivity index (χ2v) is 5.02. The summed E-state index contributed by atoms with van der Waals surface area (Å²) in [4.78, 5) is 4.26. The Bertz CT molecular complexity index is 295. The van der Waals surface area contributed by atoms with Crippen molar-refractivity contribution >= 4 is 15.9 Å². The van der Waals surface area contributed by atoms with Crippen molar-refractivity contribution in [2.45, 2.75) is 32.3 Å². The van der Waals surface area contributed by atoms with Crippen molar-refractivity contribution in [2.75, 3.05) is 6.61 Å². The molecule has 0 aliphatic heterocycles. The molecule has 82 valence electrons. The van der Waals surface area contributed by atoms with Crippen LogP contribution in [-0.4, -0.2) is 11.6 Å². The predicted octanol–water partition coefficient (Wildman–Crippen LogP) is 3.55. The minimum absolute atomic E-state index is 0.639. The highest BCUT2D eigenvalue weighted by molar-refractivity contribution is 9.10. The fraction of sp³-hybridized carbons (Fsp3) is 0.583. The Balaban J connectivity index is 1.62. The van der Waals surface area contributed by atoms with Gasteiger partial charge in [-0.25, -0.2) is 0 Å². The van der Waals surface area contributed by atoms with Crippen molar-refractivity contribution in [3.8, 4) is 0 Å². The number of hydrogen-bond acceptors (Lipinski definition) is 2. The average Bonchev–Trinajstić information content (AvgIpc) is 2.18. The van der Waals surface area contributed by atoms with Gasteiger partial charge in [0.25, 0.3) is 0 Å². The standard InChI is InChI=1S/C12H16BrNO/c13-11-4-5-12(14-8-11)9-15-7-6-10-2-1-3-10/h4-5,8,10H,1-3,6-7,9H2. The second-order valence-electron chi connectivity index (χ2n) is 4.11. The minimum atomic E-state index is 0.639. The normalized spacial score (nSPS) is 16.3. The average molecular weight is 270 g/mol. The topological polar surface area (TPSA) is 22.1 Å². The molecule has 0 saturated heterocycles. The van der Waals surface area contributed by atoms with Gasteiger partial charge in [-0.2, -0.15) is 0 Å². The number of rotatable bonds is 5. The van der Waals surface area contributed by atoms with Crippen LogP contribution in [-0.2, 0) is 11.3 Å². The van der Waals surface area contributed by atoms with Crippen molar-refractivity contribution < 1.29 is 4.74 Å². The molecule has 1 saturated carbocycles. The SMILES string of the molecule is Brc1ccc(COCCC2CCC2)nc1. The van der Waals surface area contributed by atoms with E-state index in [1.54, 1.807) is 0 Å². The minimum Gasteiger partial charge on any atom is -0.375 e. The maximum atomic E-state index is 5.59. The van der Waals surface area contributed by atoms with Gasteiger partial charge in [-0.3, -0.25) is 4.98 Å². The van der Waals surface area contributed by atoms with Crippen molar-refractivity contribution in [3.63, 3.8) is 0 Å². The smallest absolute Gasteiger partial charge is 0.0887 e. The van der Waals surface area contributed by atoms with Crippen LogP contribution < -0.4 is 0 Å². The highest BCUT2D eigenvalue weighted by Crippen LogP contribution is 2.29. The van der Waals surface area contributed by atoms with Crippen LogP contribution in [0.3, 0.4) is 0 Å². The predicted molar refractivity (Wildman–Crippen MR) is 63.6 cm³/mol. The van der Waals surface area contributed by atoms with Gasteiger partial charge < -0.3 is 4.74 Å². The zero-order valence-corrected chi connectivity index (χ0v) is 10.4. The molecule has 0 atom stereocenters. The van der Waals surface area contributed by atoms with Crippen LogP contribution in [0.5, 0.6) is 0 Å². The Hall–Kier alpha value is -0.410. The van der Waals surface area contributed by atoms with Gasteiger partial charge in [0, 0.05) is 17.3 Å². The van der Waals surface area contributed by atoms with Crippen LogP contribution in [0.2, 0.25) is 0 Å². The summed E-state index contributed by atoms with van der Waals surface area (Å²) in [7, 11) is 0. The van der Waals surface area contributed by atoms with E-state index in [0.717, 1.165) is 22.7 Å². The molecule has 0 aromatic carbocycles. The van der Waals surface area contributed by atoms with E-state index in [4.69, 9.17) is 4.74 Å². The third-order valence-electron chi connectivity index (χ3n) is 2.93. The van der Waals surface area contributed by atoms with E-state index in [9.17, 15) is 0 Å². The number of pyridine rings is 1. The molecule has 1 fully saturated rings. The van der Waals surface area contributed by atoms with Gasteiger partial charge in [0.2, 0.25) is 0 Å². The summed E-state index contributed by atoms with van der Waals surface area (Å²) in [6, 6.07) is 3.99. The van der Waals surface area contributed by atoms with Crippen LogP contribution in [0.4, 0.5) is 0 Å². The van der Waals surface area contributed by atoms with Crippen molar-refractivity contribution in [1.29, 1.82) is 0 Å². The van der Waals surface area contributed by atoms with Gasteiger partial charge >= 0.3 is 0 Å². The van der Waals surface area contributed by atoms with E-state index in [0.29, 0.717) is 6.61 Å². The van der Waals surface area contributed by atoms with E-state index in [2.05, 4.69) is 20.9 Å². The van der Waals surface area contributed by atoms with Crippen LogP contribution in [0.15, 0.2) is 22.8 Å². The number of nitrogens with zero attached hydrogens (tertiary/aromatic N) is 1. The third kappa shape index (κ3) is 3.58. The fourth-order valence-electron chi connectivity index (χ4n) is 1.70. The zero-order valence-electron chi connectivity index (χ0n) is 8.79. The summed E-state index contributed by atoms with van der Waals surface area (Å²) in [6.45, 7) is 1.52. The first-order valence-electron chi connectivity index (χ1n) is 5.53. The Labute approximate surface area is 99.2 Å². The highest BCUT2D eigenvalue weighted by Gasteiger charge is 2.16. The lowest BCUT2D eigenvalue weighted by Gasteiger charge is -2.24. The van der Waals surface area contributed by atoms with E-state index < -0.39 is 0 Å². The highest BCUT2D eigenvalue weighted by atomic mass is 79.9. The summed E-state index contributed by atoms with van der Waals surface area (Å²) < 4.78 is 6.60. The van der Waals surface area contributed by atoms with Gasteiger partial charge in [0.15, 0.2) is 0 Å². The molecular weight excluding hydrogens is 254 g/mol. The lowest BCUT2D eigenvalue weighted by Crippen LogP contribution is -2.13. The Morgan fingerprint density at radius 2 is 2.27 bits per heavy atom. The molecule has 0 unspecified atom stereocenters. The Kier molecular flexibility index (Phi) is 4.15. The molecule has 1 heterocycles. The van der Waals surface area contributed by atoms with E-state index in [1.165, 1.54) is 25.7 Å². The van der Waals surface area contributed by atoms with E-state index in [1.807, 2.05) is 18.3 Å². The molecule has 1 aromatic rings. The second kappa shape index (κ2) is 5.61. The molecule has 3 heteroatoms. The van der Waals surface area contributed by atoms with Crippen LogP contribution >= 0.6 is 15.9 Å². The van der Waals surface area contributed by atoms with Gasteiger partial charge in [-0.15, -0.1) is 0 Å². The molecule has 2 nitrogen and oxygen atoms in total. The van der Waals surface area contributed by atoms with Crippen molar-refractivity contribution in [1.82, 2.24) is 4.98 Å². The molecule has 0 spiro atoms. The Morgan fingerprint density at radius 3 is 2.87 bits per heavy atom. The van der Waals surface area contributed by atoms with Crippen LogP contribution in [0, 0.1) is 5.92 Å². The molecule has 15 heavy (non-hydrogen) atoms. The molecule has 2 rings (SSSR count). The van der Waals surface area contributed by atoms with Crippen molar-refractivity contribution in [2.24, 2.45) is 5.92 Å². The molecule has 1 aliphatic carbocycles. The maximum Gasteiger partial charge on any atom is 0.0887 e. The Morgan fingerprint density at radius 1 is 1.40 bits per heavy atom. The summed E-state index contributed by atoms with van der Waals surface area (Å²) in [5.74, 6) is 0.933. The first-order valence-corrected chi connectivity index (χ1v) is 6.32. The van der Waals surface area contributed by atoms with E-state index in [-0.39, 0.29) is 0 Å². The lowest BCUT2D eigenvalue weighted by molar-refractivity contribution is 0.0929. The zero-order chi connectivity index (χ0) is 10.5. The molecule has 1 aromatic heterocycles. The fourth-order valence-corrected chi connectivity index (χ4v) is 1.93. The monoisotopic (exact) mass is 269 g/mol. The van der Waals surface area contributed by atoms with Crippen LogP contribution in [0.1, 0.15) is 31.4 Å². The van der Waals surface area contributed by atoms with Gasteiger partial charge in [-0.05, 0) is 40.4 Å². The molecule has 0 amide bonds. The first-order chi connectivity index (χ1) is 7.34. The number of hydrogen-bond donors (Lipinski definition) is 0. The molecule has 0 N–H and O–H groups in total. The number of halogens is 1. The largest absolute Gasteiger partial charge is 0.375 e. The quantitative estimate of drug-likeness (QED) is 0.763. The van der Waals surface area contributed by atoms with Crippen molar-refractivity contribution in [3.05, 3.63) is 28.5 Å². The summed E-state index contributed by atoms with van der Waals surface area (Å²) in [6.07, 6.45) is 7.25. The third-order valence-corrected chi connectivity index (χ3v) is 3.40. The number of aromatic nitrogens is 1. The van der Waals surface area contributed by atoms with Gasteiger partial charge in [0.1, 0.15) is 0 Å². The first kappa shape index (κ1) is 11.1. The summed E-state index contributed by atoms with van der Waals surface area (Å²) in [5, 5.41) is 0. The molecule has 0 bridgehead atoms. The van der Waals surface area contributed by atoms with Gasteiger partial charge in [0.05, 0.1) is 12.3 Å². The van der Waals surface area contributed by atoms with E-state index >= 15 is 0 Å². The number of ether oxygens (including phenoxy) is 1. The molecule has 0 radical (unpaired) electrons. The van der Waals surface area contributed by atoms with Gasteiger partial charge in [-0.1, -0.05) is 19.3 Å². The summed E-state index contributed by atoms with van der Waals surface area (Å²) >= 11 is 3.36. The maximum absolute atomic E-state index is 5.59. The molecule has 1 aliphatic rings. The lowest BCUT2D eigenvalue weighted by atomic mass is 9.83.